The van der Waals surface area contributed by atoms with Gasteiger partial charge in [-0.1, -0.05) is 6.92 Å². The Kier molecular flexibility index (Phi) is 6.65. The van der Waals surface area contributed by atoms with Crippen molar-refractivity contribution in [1.29, 1.82) is 0 Å². The molecule has 0 unspecified atom stereocenters. The van der Waals surface area contributed by atoms with Crippen LogP contribution < -0.4 is 5.32 Å². The number of carbonyl (C=O) groups is 2. The number of ether oxygens (including phenoxy) is 1. The van der Waals surface area contributed by atoms with Crippen LogP contribution >= 0.6 is 0 Å². The topological polar surface area (TPSA) is 71.8 Å². The summed E-state index contributed by atoms with van der Waals surface area (Å²) in [6, 6.07) is 1.68. The Bertz CT molecular complexity index is 520. The second-order valence-electron chi connectivity index (χ2n) is 5.88. The van der Waals surface area contributed by atoms with E-state index in [4.69, 9.17) is 9.15 Å². The maximum Gasteiger partial charge on any atom is 0.257 e. The van der Waals surface area contributed by atoms with Gasteiger partial charge < -0.3 is 19.4 Å². The fourth-order valence-corrected chi connectivity index (χ4v) is 2.68. The summed E-state index contributed by atoms with van der Waals surface area (Å²) < 4.78 is 10.9. The molecule has 6 nitrogen and oxygen atoms in total. The summed E-state index contributed by atoms with van der Waals surface area (Å²) in [6.45, 7) is 6.10. The van der Waals surface area contributed by atoms with E-state index >= 15 is 0 Å². The summed E-state index contributed by atoms with van der Waals surface area (Å²) in [4.78, 5) is 26.2. The van der Waals surface area contributed by atoms with Crippen molar-refractivity contribution in [3.8, 4) is 0 Å². The van der Waals surface area contributed by atoms with Gasteiger partial charge in [-0.15, -0.1) is 0 Å². The molecular weight excluding hydrogens is 296 g/mol. The molecule has 1 aromatic rings. The number of carbonyl (C=O) groups excluding carboxylic acids is 2. The van der Waals surface area contributed by atoms with Crippen LogP contribution in [0.25, 0.3) is 0 Å². The molecule has 1 fully saturated rings. The second-order valence-corrected chi connectivity index (χ2v) is 5.88. The van der Waals surface area contributed by atoms with Gasteiger partial charge in [0.25, 0.3) is 5.91 Å². The first-order valence-corrected chi connectivity index (χ1v) is 8.33. The van der Waals surface area contributed by atoms with Gasteiger partial charge in [0, 0.05) is 32.7 Å². The lowest BCUT2D eigenvalue weighted by atomic mass is 10.1. The highest BCUT2D eigenvalue weighted by molar-refractivity contribution is 5.95. The third-order valence-corrected chi connectivity index (χ3v) is 4.01. The van der Waals surface area contributed by atoms with Crippen LogP contribution in [0.1, 0.15) is 48.7 Å². The van der Waals surface area contributed by atoms with Crippen molar-refractivity contribution in [3.05, 3.63) is 23.7 Å². The number of nitrogens with zero attached hydrogens (tertiary/aromatic N) is 1. The van der Waals surface area contributed by atoms with Crippen LogP contribution in [0.4, 0.5) is 0 Å². The summed E-state index contributed by atoms with van der Waals surface area (Å²) >= 11 is 0. The van der Waals surface area contributed by atoms with Crippen LogP contribution in [0.15, 0.2) is 16.7 Å². The Labute approximate surface area is 137 Å². The molecule has 2 amide bonds. The van der Waals surface area contributed by atoms with Gasteiger partial charge in [-0.25, -0.2) is 0 Å². The molecule has 0 spiro atoms. The largest absolute Gasteiger partial charge is 0.469 e. The quantitative estimate of drug-likeness (QED) is 0.796. The lowest BCUT2D eigenvalue weighted by Crippen LogP contribution is -2.40. The fourth-order valence-electron chi connectivity index (χ4n) is 2.68. The maximum absolute atomic E-state index is 12.7. The van der Waals surface area contributed by atoms with E-state index in [9.17, 15) is 9.59 Å². The van der Waals surface area contributed by atoms with E-state index in [1.54, 1.807) is 17.9 Å². The van der Waals surface area contributed by atoms with Crippen molar-refractivity contribution >= 4 is 11.8 Å². The lowest BCUT2D eigenvalue weighted by Gasteiger charge is -2.25. The van der Waals surface area contributed by atoms with Crippen LogP contribution in [-0.4, -0.2) is 49.1 Å². The molecule has 128 valence electrons. The Hall–Kier alpha value is -1.82. The Morgan fingerprint density at radius 2 is 2.26 bits per heavy atom. The summed E-state index contributed by atoms with van der Waals surface area (Å²) in [6.07, 6.45) is 4.75. The molecule has 2 heterocycles. The van der Waals surface area contributed by atoms with Crippen LogP contribution in [0.5, 0.6) is 0 Å². The minimum Gasteiger partial charge on any atom is -0.469 e. The molecule has 1 N–H and O–H groups in total. The highest BCUT2D eigenvalue weighted by Gasteiger charge is 2.25. The van der Waals surface area contributed by atoms with Crippen molar-refractivity contribution in [3.63, 3.8) is 0 Å². The van der Waals surface area contributed by atoms with Crippen LogP contribution in [0.2, 0.25) is 0 Å². The van der Waals surface area contributed by atoms with E-state index in [2.05, 4.69) is 5.32 Å². The summed E-state index contributed by atoms with van der Waals surface area (Å²) in [5, 5.41) is 2.84. The highest BCUT2D eigenvalue weighted by atomic mass is 16.5. The number of furan rings is 1. The molecule has 0 radical (unpaired) electrons. The van der Waals surface area contributed by atoms with Crippen molar-refractivity contribution in [2.75, 3.05) is 26.2 Å². The van der Waals surface area contributed by atoms with Gasteiger partial charge in [0.2, 0.25) is 5.91 Å². The molecule has 1 saturated heterocycles. The lowest BCUT2D eigenvalue weighted by molar-refractivity contribution is -0.121. The van der Waals surface area contributed by atoms with E-state index in [0.29, 0.717) is 37.4 Å². The molecule has 0 saturated carbocycles. The van der Waals surface area contributed by atoms with Gasteiger partial charge in [-0.05, 0) is 32.3 Å². The minimum atomic E-state index is -0.102. The van der Waals surface area contributed by atoms with E-state index in [-0.39, 0.29) is 17.9 Å². The Balaban J connectivity index is 1.97. The molecule has 1 aliphatic heterocycles. The molecule has 1 aromatic heterocycles. The molecule has 1 aliphatic rings. The van der Waals surface area contributed by atoms with Crippen molar-refractivity contribution in [2.45, 2.75) is 45.6 Å². The van der Waals surface area contributed by atoms with Crippen molar-refractivity contribution < 1.29 is 18.7 Å². The number of rotatable bonds is 8. The molecule has 0 aromatic carbocycles. The predicted octanol–water partition coefficient (Wildman–Crippen LogP) is 2.13. The normalized spacial score (nSPS) is 17.2. The summed E-state index contributed by atoms with van der Waals surface area (Å²) in [7, 11) is 0. The van der Waals surface area contributed by atoms with Crippen molar-refractivity contribution in [1.82, 2.24) is 10.2 Å². The molecular formula is C17H26N2O4. The summed E-state index contributed by atoms with van der Waals surface area (Å²) in [5.74, 6) is 0.471. The third kappa shape index (κ3) is 5.10. The number of hydrogen-bond donors (Lipinski definition) is 1. The molecule has 0 bridgehead atoms. The molecule has 23 heavy (non-hydrogen) atoms. The predicted molar refractivity (Wildman–Crippen MR) is 86.2 cm³/mol. The average Bonchev–Trinajstić information content (AvgIpc) is 3.20. The van der Waals surface area contributed by atoms with E-state index in [1.807, 2.05) is 6.92 Å². The number of hydrogen-bond acceptors (Lipinski definition) is 4. The van der Waals surface area contributed by atoms with E-state index < -0.39 is 0 Å². The van der Waals surface area contributed by atoms with Crippen LogP contribution in [-0.2, 0) is 9.53 Å². The molecule has 6 heteroatoms. The SMILES string of the molecule is CCCNC(=O)CCN(C[C@H]1CCCO1)C(=O)c1ccoc1C. The van der Waals surface area contributed by atoms with Gasteiger partial charge in [0.15, 0.2) is 0 Å². The van der Waals surface area contributed by atoms with Gasteiger partial charge >= 0.3 is 0 Å². The highest BCUT2D eigenvalue weighted by Crippen LogP contribution is 2.17. The third-order valence-electron chi connectivity index (χ3n) is 4.01. The van der Waals surface area contributed by atoms with Gasteiger partial charge in [-0.2, -0.15) is 0 Å². The molecule has 1 atom stereocenters. The van der Waals surface area contributed by atoms with E-state index in [0.717, 1.165) is 25.9 Å². The smallest absolute Gasteiger partial charge is 0.257 e. The standard InChI is InChI=1S/C17H26N2O4/c1-3-8-18-16(20)6-9-19(12-14-5-4-10-23-14)17(21)15-7-11-22-13(15)2/h7,11,14H,3-6,8-10,12H2,1-2H3,(H,18,20)/t14-/m1/s1. The average molecular weight is 322 g/mol. The first-order chi connectivity index (χ1) is 11.1. The van der Waals surface area contributed by atoms with E-state index in [1.165, 1.54) is 6.26 Å². The zero-order valence-electron chi connectivity index (χ0n) is 14.0. The Morgan fingerprint density at radius 1 is 1.43 bits per heavy atom. The second kappa shape index (κ2) is 8.72. The van der Waals surface area contributed by atoms with Gasteiger partial charge in [-0.3, -0.25) is 9.59 Å². The maximum atomic E-state index is 12.7. The number of aryl methyl sites for hydroxylation is 1. The van der Waals surface area contributed by atoms with Crippen molar-refractivity contribution in [2.24, 2.45) is 0 Å². The minimum absolute atomic E-state index is 0.0269. The molecule has 0 aliphatic carbocycles. The van der Waals surface area contributed by atoms with Crippen LogP contribution in [0, 0.1) is 6.92 Å². The number of amides is 2. The molecule has 2 rings (SSSR count). The first-order valence-electron chi connectivity index (χ1n) is 8.33. The zero-order chi connectivity index (χ0) is 16.7. The summed E-state index contributed by atoms with van der Waals surface area (Å²) in [5.41, 5.74) is 0.553. The van der Waals surface area contributed by atoms with Crippen LogP contribution in [0.3, 0.4) is 0 Å². The first kappa shape index (κ1) is 17.5. The monoisotopic (exact) mass is 322 g/mol. The Morgan fingerprint density at radius 3 is 2.87 bits per heavy atom. The zero-order valence-corrected chi connectivity index (χ0v) is 14.0. The number of nitrogens with one attached hydrogen (secondary N) is 1. The van der Waals surface area contributed by atoms with Gasteiger partial charge in [0.1, 0.15) is 5.76 Å². The fraction of sp³-hybridized carbons (Fsp3) is 0.647. The van der Waals surface area contributed by atoms with Gasteiger partial charge in [0.05, 0.1) is 17.9 Å².